The maximum atomic E-state index is 12.4. The molecule has 1 rings (SSSR count). The summed E-state index contributed by atoms with van der Waals surface area (Å²) in [5, 5.41) is 0. The number of alkyl halides is 2. The van der Waals surface area contributed by atoms with Crippen LogP contribution in [0.2, 0.25) is 0 Å². The molecule has 0 saturated carbocycles. The molecular weight excluding hydrogens is 352 g/mol. The van der Waals surface area contributed by atoms with Gasteiger partial charge < -0.3 is 4.74 Å². The zero-order valence-corrected chi connectivity index (χ0v) is 11.3. The second kappa shape index (κ2) is 5.67. The van der Waals surface area contributed by atoms with Crippen molar-refractivity contribution in [2.45, 2.75) is 12.8 Å². The lowest BCUT2D eigenvalue weighted by molar-refractivity contribution is -0.139. The van der Waals surface area contributed by atoms with Crippen LogP contribution in [0.1, 0.15) is 17.7 Å². The van der Waals surface area contributed by atoms with E-state index in [4.69, 9.17) is 0 Å². The minimum absolute atomic E-state index is 0.0335. The number of hydrogen-bond donors (Lipinski definition) is 0. The number of rotatable bonds is 3. The maximum absolute atomic E-state index is 12.4. The van der Waals surface area contributed by atoms with Crippen molar-refractivity contribution in [2.24, 2.45) is 0 Å². The average Bonchev–Trinajstić information content (AvgIpc) is 2.22. The van der Waals surface area contributed by atoms with E-state index in [1.165, 1.54) is 13.2 Å². The van der Waals surface area contributed by atoms with E-state index in [0.717, 1.165) is 0 Å². The molecule has 0 amide bonds. The second-order valence-corrected chi connectivity index (χ2v) is 4.46. The minimum Gasteiger partial charge on any atom is -0.469 e. The Morgan fingerprint density at radius 1 is 1.56 bits per heavy atom. The Morgan fingerprint density at radius 2 is 2.19 bits per heavy atom. The molecule has 1 heterocycles. The summed E-state index contributed by atoms with van der Waals surface area (Å²) in [6, 6.07) is 1.19. The monoisotopic (exact) mass is 357 g/mol. The second-order valence-electron chi connectivity index (χ2n) is 2.85. The summed E-state index contributed by atoms with van der Waals surface area (Å²) < 4.78 is 29.9. The van der Waals surface area contributed by atoms with E-state index in [9.17, 15) is 13.6 Å². The lowest BCUT2D eigenvalue weighted by Gasteiger charge is -2.08. The number of halogens is 4. The number of methoxy groups -OCH3 is 1. The van der Waals surface area contributed by atoms with Crippen LogP contribution in [0.15, 0.2) is 15.1 Å². The van der Waals surface area contributed by atoms with Gasteiger partial charge in [-0.15, -0.1) is 0 Å². The van der Waals surface area contributed by atoms with Crippen LogP contribution in [-0.2, 0) is 16.0 Å². The molecule has 1 aromatic rings. The Kier molecular flexibility index (Phi) is 4.79. The van der Waals surface area contributed by atoms with Gasteiger partial charge in [0, 0.05) is 10.0 Å². The van der Waals surface area contributed by atoms with Crippen molar-refractivity contribution in [3.63, 3.8) is 0 Å². The van der Waals surface area contributed by atoms with Crippen molar-refractivity contribution in [1.29, 1.82) is 0 Å². The van der Waals surface area contributed by atoms with Crippen molar-refractivity contribution in [2.75, 3.05) is 7.11 Å². The Labute approximate surface area is 107 Å². The van der Waals surface area contributed by atoms with Crippen LogP contribution in [0.5, 0.6) is 0 Å². The lowest BCUT2D eigenvalue weighted by Crippen LogP contribution is -2.07. The molecule has 0 atom stereocenters. The van der Waals surface area contributed by atoms with Crippen LogP contribution >= 0.6 is 31.9 Å². The van der Waals surface area contributed by atoms with Gasteiger partial charge in [0.15, 0.2) is 0 Å². The quantitative estimate of drug-likeness (QED) is 0.615. The van der Waals surface area contributed by atoms with Crippen molar-refractivity contribution in [3.8, 4) is 0 Å². The fraction of sp³-hybridized carbons (Fsp3) is 0.333. The van der Waals surface area contributed by atoms with Gasteiger partial charge in [0.2, 0.25) is 0 Å². The molecule has 0 bridgehead atoms. The molecule has 16 heavy (non-hydrogen) atoms. The summed E-state index contributed by atoms with van der Waals surface area (Å²) in [6.07, 6.45) is -2.69. The van der Waals surface area contributed by atoms with Gasteiger partial charge in [-0.3, -0.25) is 4.79 Å². The number of carbonyl (C=O) groups excluding carboxylic acids is 1. The van der Waals surface area contributed by atoms with E-state index in [0.29, 0.717) is 10.0 Å². The molecule has 3 nitrogen and oxygen atoms in total. The van der Waals surface area contributed by atoms with Crippen molar-refractivity contribution in [3.05, 3.63) is 26.4 Å². The normalized spacial score (nSPS) is 10.6. The fourth-order valence-electron chi connectivity index (χ4n) is 1.01. The van der Waals surface area contributed by atoms with E-state index in [-0.39, 0.29) is 16.7 Å². The number of aromatic nitrogens is 1. The fourth-order valence-corrected chi connectivity index (χ4v) is 2.40. The van der Waals surface area contributed by atoms with E-state index < -0.39 is 12.4 Å². The van der Waals surface area contributed by atoms with Crippen LogP contribution in [0.3, 0.4) is 0 Å². The maximum Gasteiger partial charge on any atom is 0.310 e. The number of nitrogens with zero attached hydrogens (tertiary/aromatic N) is 1. The van der Waals surface area contributed by atoms with Crippen LogP contribution in [0, 0.1) is 0 Å². The standard InChI is InChI=1S/C9H7Br2F2NO2/c1-16-7(15)2-4-5(10)3-6(9(12)13)14-8(4)11/h3,9H,2H2,1H3. The summed E-state index contributed by atoms with van der Waals surface area (Å²) in [5.74, 6) is -0.465. The number of carbonyl (C=O) groups is 1. The Hall–Kier alpha value is -0.560. The molecule has 0 aliphatic heterocycles. The molecular formula is C9H7Br2F2NO2. The van der Waals surface area contributed by atoms with Crippen molar-refractivity contribution in [1.82, 2.24) is 4.98 Å². The molecule has 0 spiro atoms. The number of esters is 1. The molecule has 0 aromatic carbocycles. The molecule has 0 saturated heterocycles. The van der Waals surface area contributed by atoms with Crippen molar-refractivity contribution < 1.29 is 18.3 Å². The average molecular weight is 359 g/mol. The number of hydrogen-bond acceptors (Lipinski definition) is 3. The topological polar surface area (TPSA) is 39.2 Å². The Bertz CT molecular complexity index is 389. The van der Waals surface area contributed by atoms with Crippen LogP contribution < -0.4 is 0 Å². The summed E-state index contributed by atoms with van der Waals surface area (Å²) >= 11 is 6.15. The molecule has 0 aliphatic carbocycles. The predicted octanol–water partition coefficient (Wildman–Crippen LogP) is 3.26. The lowest BCUT2D eigenvalue weighted by atomic mass is 10.2. The zero-order chi connectivity index (χ0) is 12.3. The highest BCUT2D eigenvalue weighted by atomic mass is 79.9. The molecule has 0 fully saturated rings. The third-order valence-electron chi connectivity index (χ3n) is 1.81. The molecule has 0 radical (unpaired) electrons. The smallest absolute Gasteiger partial charge is 0.310 e. The molecule has 1 aromatic heterocycles. The summed E-state index contributed by atoms with van der Waals surface area (Å²) in [6.45, 7) is 0. The predicted molar refractivity (Wildman–Crippen MR) is 60.3 cm³/mol. The van der Waals surface area contributed by atoms with E-state index in [1.807, 2.05) is 0 Å². The number of pyridine rings is 1. The number of ether oxygens (including phenoxy) is 1. The van der Waals surface area contributed by atoms with Gasteiger partial charge in [-0.1, -0.05) is 15.9 Å². The molecule has 0 unspecified atom stereocenters. The minimum atomic E-state index is -2.65. The largest absolute Gasteiger partial charge is 0.469 e. The molecule has 7 heteroatoms. The first-order chi connectivity index (χ1) is 7.45. The van der Waals surface area contributed by atoms with E-state index in [1.54, 1.807) is 0 Å². The van der Waals surface area contributed by atoms with E-state index in [2.05, 4.69) is 41.6 Å². The van der Waals surface area contributed by atoms with Crippen LogP contribution in [0.25, 0.3) is 0 Å². The summed E-state index contributed by atoms with van der Waals surface area (Å²) in [4.78, 5) is 14.7. The Morgan fingerprint density at radius 3 is 2.62 bits per heavy atom. The third-order valence-corrected chi connectivity index (χ3v) is 3.18. The van der Waals surface area contributed by atoms with E-state index >= 15 is 0 Å². The highest BCUT2D eigenvalue weighted by molar-refractivity contribution is 9.11. The van der Waals surface area contributed by atoms with Crippen LogP contribution in [0.4, 0.5) is 8.78 Å². The first-order valence-electron chi connectivity index (χ1n) is 4.15. The van der Waals surface area contributed by atoms with Gasteiger partial charge in [0.25, 0.3) is 6.43 Å². The van der Waals surface area contributed by atoms with Gasteiger partial charge in [-0.2, -0.15) is 0 Å². The summed E-state index contributed by atoms with van der Waals surface area (Å²) in [7, 11) is 1.26. The summed E-state index contributed by atoms with van der Waals surface area (Å²) in [5.41, 5.74) is 0.128. The van der Waals surface area contributed by atoms with Gasteiger partial charge in [0.1, 0.15) is 10.3 Å². The van der Waals surface area contributed by atoms with Crippen molar-refractivity contribution >= 4 is 37.8 Å². The molecule has 0 aliphatic rings. The SMILES string of the molecule is COC(=O)Cc1c(Br)cc(C(F)F)nc1Br. The molecule has 88 valence electrons. The van der Waals surface area contributed by atoms with Gasteiger partial charge in [-0.25, -0.2) is 13.8 Å². The molecule has 0 N–H and O–H groups in total. The van der Waals surface area contributed by atoms with Crippen LogP contribution in [-0.4, -0.2) is 18.1 Å². The van der Waals surface area contributed by atoms with Gasteiger partial charge in [0.05, 0.1) is 13.5 Å². The highest BCUT2D eigenvalue weighted by Gasteiger charge is 2.17. The van der Waals surface area contributed by atoms with Gasteiger partial charge in [-0.05, 0) is 22.0 Å². The first kappa shape index (κ1) is 13.5. The van der Waals surface area contributed by atoms with Gasteiger partial charge >= 0.3 is 5.97 Å². The highest BCUT2D eigenvalue weighted by Crippen LogP contribution is 2.29. The Balaban J connectivity index is 3.07. The third kappa shape index (κ3) is 3.21. The first-order valence-corrected chi connectivity index (χ1v) is 5.74. The zero-order valence-electron chi connectivity index (χ0n) is 8.14.